The van der Waals surface area contributed by atoms with Gasteiger partial charge in [-0.25, -0.2) is 0 Å². The lowest BCUT2D eigenvalue weighted by molar-refractivity contribution is -0.117. The smallest absolute Gasteiger partial charge is 0.228 e. The summed E-state index contributed by atoms with van der Waals surface area (Å²) < 4.78 is 1.04. The molecule has 1 amide bonds. The Balaban J connectivity index is 2.30. The van der Waals surface area contributed by atoms with E-state index in [1.807, 2.05) is 24.3 Å². The molecule has 1 aliphatic heterocycles. The zero-order chi connectivity index (χ0) is 10.8. The fraction of sp³-hybridized carbons (Fsp3) is 0.273. The second kappa shape index (κ2) is 4.19. The van der Waals surface area contributed by atoms with Gasteiger partial charge in [0.25, 0.3) is 0 Å². The zero-order valence-corrected chi connectivity index (χ0v) is 10.1. The van der Waals surface area contributed by atoms with E-state index in [0.29, 0.717) is 13.0 Å². The molecule has 0 aliphatic carbocycles. The van der Waals surface area contributed by atoms with Crippen LogP contribution in [0.4, 0.5) is 5.69 Å². The third kappa shape index (κ3) is 1.97. The lowest BCUT2D eigenvalue weighted by atomic mass is 10.1. The molecule has 76 valence electrons. The van der Waals surface area contributed by atoms with Gasteiger partial charge in [0.15, 0.2) is 0 Å². The van der Waals surface area contributed by atoms with Gasteiger partial charge in [0, 0.05) is 16.5 Å². The molecule has 1 aromatic rings. The van der Waals surface area contributed by atoms with Gasteiger partial charge < -0.3 is 4.90 Å². The Kier molecular flexibility index (Phi) is 2.91. The van der Waals surface area contributed by atoms with Crippen LogP contribution in [0.15, 0.2) is 24.3 Å². The highest BCUT2D eigenvalue weighted by Crippen LogP contribution is 2.28. The van der Waals surface area contributed by atoms with Gasteiger partial charge in [0.05, 0.1) is 17.7 Å². The van der Waals surface area contributed by atoms with Crippen molar-refractivity contribution in [3.8, 4) is 6.07 Å². The minimum absolute atomic E-state index is 0.0469. The molecular formula is C11H9IN2O. The van der Waals surface area contributed by atoms with Gasteiger partial charge >= 0.3 is 0 Å². The predicted octanol–water partition coefficient (Wildman–Crippen LogP) is 2.17. The van der Waals surface area contributed by atoms with Gasteiger partial charge in [-0.2, -0.15) is 5.26 Å². The Morgan fingerprint density at radius 3 is 2.80 bits per heavy atom. The van der Waals surface area contributed by atoms with Crippen LogP contribution in [0.25, 0.3) is 0 Å². The first-order chi connectivity index (χ1) is 7.22. The molecule has 1 unspecified atom stereocenters. The number of anilines is 1. The number of para-hydroxylation sites is 1. The first-order valence-corrected chi connectivity index (χ1v) is 5.74. The van der Waals surface area contributed by atoms with Gasteiger partial charge in [-0.05, 0) is 34.7 Å². The van der Waals surface area contributed by atoms with Gasteiger partial charge in [0.1, 0.15) is 0 Å². The molecule has 0 saturated carbocycles. The van der Waals surface area contributed by atoms with Crippen LogP contribution < -0.4 is 4.90 Å². The maximum atomic E-state index is 11.7. The summed E-state index contributed by atoms with van der Waals surface area (Å²) >= 11 is 2.20. The Labute approximate surface area is 102 Å². The number of nitrogens with zero attached hydrogens (tertiary/aromatic N) is 2. The SMILES string of the molecule is N#CC1CC(=O)N(c2ccccc2I)C1. The van der Waals surface area contributed by atoms with Crippen molar-refractivity contribution < 1.29 is 4.79 Å². The molecule has 1 saturated heterocycles. The molecule has 0 aromatic heterocycles. The van der Waals surface area contributed by atoms with E-state index in [4.69, 9.17) is 5.26 Å². The van der Waals surface area contributed by atoms with E-state index >= 15 is 0 Å². The molecule has 1 heterocycles. The largest absolute Gasteiger partial charge is 0.310 e. The van der Waals surface area contributed by atoms with Crippen molar-refractivity contribution in [2.24, 2.45) is 5.92 Å². The Hall–Kier alpha value is -1.09. The standard InChI is InChI=1S/C11H9IN2O/c12-9-3-1-2-4-10(9)14-7-8(6-13)5-11(14)15/h1-4,8H,5,7H2. The zero-order valence-electron chi connectivity index (χ0n) is 7.98. The van der Waals surface area contributed by atoms with Crippen LogP contribution in [0.2, 0.25) is 0 Å². The topological polar surface area (TPSA) is 44.1 Å². The quantitative estimate of drug-likeness (QED) is 0.746. The number of amides is 1. The summed E-state index contributed by atoms with van der Waals surface area (Å²) in [6, 6.07) is 9.87. The molecule has 2 rings (SSSR count). The number of rotatable bonds is 1. The molecular weight excluding hydrogens is 303 g/mol. The fourth-order valence-electron chi connectivity index (χ4n) is 1.70. The highest BCUT2D eigenvalue weighted by atomic mass is 127. The first-order valence-electron chi connectivity index (χ1n) is 4.67. The highest BCUT2D eigenvalue weighted by Gasteiger charge is 2.31. The van der Waals surface area contributed by atoms with Gasteiger partial charge in [-0.3, -0.25) is 4.79 Å². The average Bonchev–Trinajstić information content (AvgIpc) is 2.60. The molecule has 0 spiro atoms. The van der Waals surface area contributed by atoms with Crippen LogP contribution in [0.3, 0.4) is 0 Å². The Morgan fingerprint density at radius 2 is 2.20 bits per heavy atom. The summed E-state index contributed by atoms with van der Waals surface area (Å²) in [5.74, 6) is -0.112. The molecule has 0 N–H and O–H groups in total. The minimum Gasteiger partial charge on any atom is -0.310 e. The lowest BCUT2D eigenvalue weighted by Gasteiger charge is -2.17. The van der Waals surface area contributed by atoms with E-state index in [2.05, 4.69) is 28.7 Å². The number of carbonyl (C=O) groups excluding carboxylic acids is 1. The number of halogens is 1. The maximum absolute atomic E-state index is 11.7. The second-order valence-electron chi connectivity index (χ2n) is 3.49. The minimum atomic E-state index is -0.159. The normalized spacial score (nSPS) is 20.4. The molecule has 15 heavy (non-hydrogen) atoms. The van der Waals surface area contributed by atoms with Crippen molar-refractivity contribution in [3.05, 3.63) is 27.8 Å². The highest BCUT2D eigenvalue weighted by molar-refractivity contribution is 14.1. The van der Waals surface area contributed by atoms with E-state index in [0.717, 1.165) is 9.26 Å². The number of carbonyl (C=O) groups is 1. The van der Waals surface area contributed by atoms with Crippen LogP contribution >= 0.6 is 22.6 Å². The number of nitriles is 1. The molecule has 1 aromatic carbocycles. The number of hydrogen-bond donors (Lipinski definition) is 0. The van der Waals surface area contributed by atoms with Crippen LogP contribution in [-0.2, 0) is 4.79 Å². The summed E-state index contributed by atoms with van der Waals surface area (Å²) in [5.41, 5.74) is 0.917. The molecule has 1 aliphatic rings. The molecule has 4 heteroatoms. The van der Waals surface area contributed by atoms with E-state index < -0.39 is 0 Å². The monoisotopic (exact) mass is 312 g/mol. The summed E-state index contributed by atoms with van der Waals surface area (Å²) in [6.07, 6.45) is 0.349. The second-order valence-corrected chi connectivity index (χ2v) is 4.65. The fourth-order valence-corrected chi connectivity index (χ4v) is 2.38. The first kappa shape index (κ1) is 10.4. The van der Waals surface area contributed by atoms with Crippen LogP contribution in [0.5, 0.6) is 0 Å². The average molecular weight is 312 g/mol. The third-order valence-electron chi connectivity index (χ3n) is 2.45. The molecule has 1 atom stereocenters. The number of benzene rings is 1. The van der Waals surface area contributed by atoms with Crippen molar-refractivity contribution in [2.75, 3.05) is 11.4 Å². The molecule has 3 nitrogen and oxygen atoms in total. The van der Waals surface area contributed by atoms with Crippen LogP contribution in [-0.4, -0.2) is 12.5 Å². The van der Waals surface area contributed by atoms with Crippen molar-refractivity contribution in [1.29, 1.82) is 5.26 Å². The van der Waals surface area contributed by atoms with Crippen molar-refractivity contribution in [1.82, 2.24) is 0 Å². The van der Waals surface area contributed by atoms with Gasteiger partial charge in [-0.1, -0.05) is 12.1 Å². The Morgan fingerprint density at radius 1 is 1.47 bits per heavy atom. The van der Waals surface area contributed by atoms with Gasteiger partial charge in [-0.15, -0.1) is 0 Å². The molecule has 1 fully saturated rings. The summed E-state index contributed by atoms with van der Waals surface area (Å²) in [6.45, 7) is 0.523. The maximum Gasteiger partial charge on any atom is 0.228 e. The van der Waals surface area contributed by atoms with Crippen molar-refractivity contribution in [3.63, 3.8) is 0 Å². The summed E-state index contributed by atoms with van der Waals surface area (Å²) in [4.78, 5) is 13.4. The van der Waals surface area contributed by atoms with Crippen molar-refractivity contribution >= 4 is 34.2 Å². The molecule has 0 bridgehead atoms. The Bertz CT molecular complexity index is 438. The third-order valence-corrected chi connectivity index (χ3v) is 3.36. The van der Waals surface area contributed by atoms with E-state index in [9.17, 15) is 4.79 Å². The van der Waals surface area contributed by atoms with E-state index in [1.54, 1.807) is 4.90 Å². The van der Waals surface area contributed by atoms with Crippen LogP contribution in [0, 0.1) is 20.8 Å². The van der Waals surface area contributed by atoms with Crippen LogP contribution in [0.1, 0.15) is 6.42 Å². The lowest BCUT2D eigenvalue weighted by Crippen LogP contribution is -2.25. The molecule has 0 radical (unpaired) electrons. The summed E-state index contributed by atoms with van der Waals surface area (Å²) in [5, 5.41) is 8.79. The van der Waals surface area contributed by atoms with Crippen molar-refractivity contribution in [2.45, 2.75) is 6.42 Å². The van der Waals surface area contributed by atoms with E-state index in [1.165, 1.54) is 0 Å². The summed E-state index contributed by atoms with van der Waals surface area (Å²) in [7, 11) is 0. The van der Waals surface area contributed by atoms with E-state index in [-0.39, 0.29) is 11.8 Å². The van der Waals surface area contributed by atoms with Gasteiger partial charge in [0.2, 0.25) is 5.91 Å². The predicted molar refractivity (Wildman–Crippen MR) is 65.2 cm³/mol. The number of hydrogen-bond acceptors (Lipinski definition) is 2.